The number of carbonyl (C=O) groups excluding carboxylic acids is 1. The molecule has 0 fully saturated rings. The monoisotopic (exact) mass is 342 g/mol. The largest absolute Gasteiger partial charge is 0.444 e. The summed E-state index contributed by atoms with van der Waals surface area (Å²) in [5.41, 5.74) is 1.38. The van der Waals surface area contributed by atoms with Gasteiger partial charge in [-0.15, -0.1) is 0 Å². The Bertz CT molecular complexity index is 905. The Hall–Kier alpha value is -2.83. The summed E-state index contributed by atoms with van der Waals surface area (Å²) in [5.74, 6) is 0.809. The van der Waals surface area contributed by atoms with Crippen LogP contribution < -0.4 is 5.32 Å². The van der Waals surface area contributed by atoms with Crippen LogP contribution in [0.5, 0.6) is 0 Å². The molecule has 0 aliphatic carbocycles. The first-order valence-corrected chi connectivity index (χ1v) is 8.11. The zero-order valence-electron chi connectivity index (χ0n) is 15.0. The minimum absolute atomic E-state index is 0.327. The number of carbonyl (C=O) groups is 1. The van der Waals surface area contributed by atoms with Crippen LogP contribution >= 0.6 is 0 Å². The van der Waals surface area contributed by atoms with E-state index in [0.29, 0.717) is 11.7 Å². The molecule has 132 valence electrons. The summed E-state index contributed by atoms with van der Waals surface area (Å²) in [4.78, 5) is 16.2. The van der Waals surface area contributed by atoms with Gasteiger partial charge in [0.05, 0.1) is 0 Å². The fraction of sp³-hybridized carbons (Fsp3) is 0.389. The first-order valence-electron chi connectivity index (χ1n) is 8.11. The van der Waals surface area contributed by atoms with Crippen molar-refractivity contribution >= 4 is 17.0 Å². The zero-order chi connectivity index (χ0) is 18.2. The maximum absolute atomic E-state index is 11.8. The summed E-state index contributed by atoms with van der Waals surface area (Å²) in [5, 5.41) is 7.86. The molecule has 7 nitrogen and oxygen atoms in total. The molecule has 7 heteroatoms. The lowest BCUT2D eigenvalue weighted by Gasteiger charge is -2.20. The third-order valence-corrected chi connectivity index (χ3v) is 3.69. The molecule has 1 amide bonds. The molecule has 2 heterocycles. The Morgan fingerprint density at radius 2 is 2.08 bits per heavy atom. The van der Waals surface area contributed by atoms with Crippen LogP contribution in [0.1, 0.15) is 39.6 Å². The highest BCUT2D eigenvalue weighted by Crippen LogP contribution is 2.24. The van der Waals surface area contributed by atoms with Gasteiger partial charge < -0.3 is 19.1 Å². The molecule has 0 aliphatic heterocycles. The maximum atomic E-state index is 11.8. The third kappa shape index (κ3) is 3.81. The SMILES string of the molecule is C[C@H](NC(=O)OC(C)(C)C)c1nc(-c2ccc3ccn(C)c3c2)no1. The van der Waals surface area contributed by atoms with Gasteiger partial charge in [0.2, 0.25) is 11.7 Å². The second kappa shape index (κ2) is 6.23. The van der Waals surface area contributed by atoms with Crippen molar-refractivity contribution in [2.45, 2.75) is 39.3 Å². The van der Waals surface area contributed by atoms with Crippen molar-refractivity contribution in [1.82, 2.24) is 20.0 Å². The molecule has 3 rings (SSSR count). The highest BCUT2D eigenvalue weighted by Gasteiger charge is 2.21. The average Bonchev–Trinajstić information content (AvgIpc) is 3.12. The fourth-order valence-electron chi connectivity index (χ4n) is 2.48. The Kier molecular flexibility index (Phi) is 4.24. The number of hydrogen-bond donors (Lipinski definition) is 1. The Balaban J connectivity index is 1.76. The van der Waals surface area contributed by atoms with E-state index >= 15 is 0 Å². The minimum Gasteiger partial charge on any atom is -0.444 e. The number of rotatable bonds is 3. The van der Waals surface area contributed by atoms with Gasteiger partial charge in [0.25, 0.3) is 0 Å². The van der Waals surface area contributed by atoms with Crippen LogP contribution in [0.4, 0.5) is 4.79 Å². The highest BCUT2D eigenvalue weighted by atomic mass is 16.6. The molecule has 25 heavy (non-hydrogen) atoms. The number of alkyl carbamates (subject to hydrolysis) is 1. The van der Waals surface area contributed by atoms with E-state index in [1.807, 2.05) is 62.8 Å². The van der Waals surface area contributed by atoms with Gasteiger partial charge in [0.1, 0.15) is 11.6 Å². The number of nitrogens with zero attached hydrogens (tertiary/aromatic N) is 3. The zero-order valence-corrected chi connectivity index (χ0v) is 15.0. The van der Waals surface area contributed by atoms with E-state index in [0.717, 1.165) is 16.5 Å². The quantitative estimate of drug-likeness (QED) is 0.782. The normalized spacial score (nSPS) is 13.0. The first kappa shape index (κ1) is 17.0. The summed E-state index contributed by atoms with van der Waals surface area (Å²) < 4.78 is 12.6. The standard InChI is InChI=1S/C18H22N4O3/c1-11(19-17(23)24-18(2,3)4)16-20-15(21-25-16)13-7-6-12-8-9-22(5)14(12)10-13/h6-11H,1-5H3,(H,19,23)/t11-/m0/s1. The second-order valence-electron chi connectivity index (χ2n) is 7.02. The second-order valence-corrected chi connectivity index (χ2v) is 7.02. The van der Waals surface area contributed by atoms with Crippen LogP contribution in [0, 0.1) is 0 Å². The van der Waals surface area contributed by atoms with Gasteiger partial charge in [-0.25, -0.2) is 4.79 Å². The van der Waals surface area contributed by atoms with Crippen LogP contribution in [0.15, 0.2) is 35.0 Å². The number of amides is 1. The van der Waals surface area contributed by atoms with E-state index in [9.17, 15) is 4.79 Å². The molecule has 0 unspecified atom stereocenters. The van der Waals surface area contributed by atoms with Crippen molar-refractivity contribution in [3.8, 4) is 11.4 Å². The molecule has 0 bridgehead atoms. The predicted molar refractivity (Wildman–Crippen MR) is 94.0 cm³/mol. The van der Waals surface area contributed by atoms with E-state index in [1.54, 1.807) is 6.92 Å². The highest BCUT2D eigenvalue weighted by molar-refractivity contribution is 5.84. The van der Waals surface area contributed by atoms with Crippen molar-refractivity contribution in [3.05, 3.63) is 36.4 Å². The van der Waals surface area contributed by atoms with Gasteiger partial charge in [-0.2, -0.15) is 4.98 Å². The van der Waals surface area contributed by atoms with E-state index < -0.39 is 17.7 Å². The maximum Gasteiger partial charge on any atom is 0.408 e. The third-order valence-electron chi connectivity index (χ3n) is 3.69. The molecule has 0 saturated heterocycles. The van der Waals surface area contributed by atoms with Crippen molar-refractivity contribution < 1.29 is 14.1 Å². The lowest BCUT2D eigenvalue weighted by Crippen LogP contribution is -2.34. The van der Waals surface area contributed by atoms with Crippen LogP contribution in [-0.2, 0) is 11.8 Å². The van der Waals surface area contributed by atoms with Crippen molar-refractivity contribution in [2.75, 3.05) is 0 Å². The molecule has 1 N–H and O–H groups in total. The number of benzene rings is 1. The molecule has 0 spiro atoms. The topological polar surface area (TPSA) is 82.2 Å². The van der Waals surface area contributed by atoms with Gasteiger partial charge in [0.15, 0.2) is 0 Å². The minimum atomic E-state index is -0.561. The summed E-state index contributed by atoms with van der Waals surface area (Å²) in [6, 6.07) is 7.57. The molecule has 0 radical (unpaired) electrons. The molecule has 3 aromatic rings. The van der Waals surface area contributed by atoms with Crippen LogP contribution in [0.2, 0.25) is 0 Å². The lowest BCUT2D eigenvalue weighted by molar-refractivity contribution is 0.0499. The van der Waals surface area contributed by atoms with Crippen LogP contribution in [0.25, 0.3) is 22.3 Å². The van der Waals surface area contributed by atoms with Gasteiger partial charge in [-0.3, -0.25) is 0 Å². The molecule has 2 aromatic heterocycles. The van der Waals surface area contributed by atoms with Crippen molar-refractivity contribution in [2.24, 2.45) is 7.05 Å². The Morgan fingerprint density at radius 1 is 1.32 bits per heavy atom. The van der Waals surface area contributed by atoms with E-state index in [2.05, 4.69) is 15.5 Å². The summed E-state index contributed by atoms with van der Waals surface area (Å²) in [6.07, 6.45) is 1.48. The number of hydrogen-bond acceptors (Lipinski definition) is 5. The molecular formula is C18H22N4O3. The average molecular weight is 342 g/mol. The summed E-state index contributed by atoms with van der Waals surface area (Å²) >= 11 is 0. The van der Waals surface area contributed by atoms with Gasteiger partial charge in [-0.05, 0) is 45.2 Å². The van der Waals surface area contributed by atoms with Gasteiger partial charge >= 0.3 is 6.09 Å². The van der Waals surface area contributed by atoms with Crippen LogP contribution in [-0.4, -0.2) is 26.4 Å². The van der Waals surface area contributed by atoms with Gasteiger partial charge in [0, 0.05) is 24.3 Å². The Morgan fingerprint density at radius 3 is 2.80 bits per heavy atom. The van der Waals surface area contributed by atoms with E-state index in [-0.39, 0.29) is 0 Å². The van der Waals surface area contributed by atoms with Crippen LogP contribution in [0.3, 0.4) is 0 Å². The molecule has 0 saturated carbocycles. The number of fused-ring (bicyclic) bond motifs is 1. The van der Waals surface area contributed by atoms with E-state index in [4.69, 9.17) is 9.26 Å². The molecule has 0 aliphatic rings. The van der Waals surface area contributed by atoms with Crippen molar-refractivity contribution in [1.29, 1.82) is 0 Å². The lowest BCUT2D eigenvalue weighted by atomic mass is 10.1. The summed E-state index contributed by atoms with van der Waals surface area (Å²) in [7, 11) is 1.99. The van der Waals surface area contributed by atoms with E-state index in [1.165, 1.54) is 0 Å². The fourth-order valence-corrected chi connectivity index (χ4v) is 2.48. The summed E-state index contributed by atoms with van der Waals surface area (Å²) in [6.45, 7) is 7.19. The number of nitrogens with one attached hydrogen (secondary N) is 1. The molecule has 1 atom stereocenters. The predicted octanol–water partition coefficient (Wildman–Crippen LogP) is 3.81. The molecular weight excluding hydrogens is 320 g/mol. The smallest absolute Gasteiger partial charge is 0.408 e. The molecule has 1 aromatic carbocycles. The number of ether oxygens (including phenoxy) is 1. The number of aromatic nitrogens is 3. The van der Waals surface area contributed by atoms with Gasteiger partial charge in [-0.1, -0.05) is 17.3 Å². The van der Waals surface area contributed by atoms with Crippen molar-refractivity contribution in [3.63, 3.8) is 0 Å². The Labute approximate surface area is 146 Å². The number of aryl methyl sites for hydroxylation is 1. The first-order chi connectivity index (χ1) is 11.7.